The van der Waals surface area contributed by atoms with E-state index in [-0.39, 0.29) is 19.4 Å². The summed E-state index contributed by atoms with van der Waals surface area (Å²) in [5, 5.41) is 18.4. The maximum atomic E-state index is 12.6. The van der Waals surface area contributed by atoms with Crippen LogP contribution in [0, 0.1) is 5.92 Å². The highest BCUT2D eigenvalue weighted by Crippen LogP contribution is 2.43. The SMILES string of the molecule is CCCCC/C=C\CC1OC1CCCCCCCC(=O)O[C@H](COC(=O)CCCCCCCCCCCCCCCCCC(C)C)COP(=O)(O)OC[C@@H](O)CO. The maximum absolute atomic E-state index is 12.6. The number of rotatable bonds is 42. The number of aliphatic hydroxyl groups is 2. The summed E-state index contributed by atoms with van der Waals surface area (Å²) >= 11 is 0. The Morgan fingerprint density at radius 3 is 1.75 bits per heavy atom. The van der Waals surface area contributed by atoms with Gasteiger partial charge in [-0.05, 0) is 44.4 Å². The molecule has 1 heterocycles. The molecule has 1 aliphatic rings. The van der Waals surface area contributed by atoms with Crippen molar-refractivity contribution in [3.05, 3.63) is 12.2 Å². The van der Waals surface area contributed by atoms with Crippen molar-refractivity contribution in [1.82, 2.24) is 0 Å². The molecule has 11 nitrogen and oxygen atoms in total. The Hall–Kier alpha value is -1.33. The summed E-state index contributed by atoms with van der Waals surface area (Å²) in [5.41, 5.74) is 0. The van der Waals surface area contributed by atoms with Crippen LogP contribution in [0.15, 0.2) is 12.2 Å². The summed E-state index contributed by atoms with van der Waals surface area (Å²) in [7, 11) is -4.62. The third-order valence-corrected chi connectivity index (χ3v) is 11.5. The van der Waals surface area contributed by atoms with Crippen molar-refractivity contribution >= 4 is 19.8 Å². The highest BCUT2D eigenvalue weighted by Gasteiger charge is 2.36. The number of allylic oxidation sites excluding steroid dienone is 1. The van der Waals surface area contributed by atoms with Crippen molar-refractivity contribution in [2.75, 3.05) is 26.4 Å². The Bertz CT molecular complexity index is 1040. The molecular weight excluding hydrogens is 747 g/mol. The van der Waals surface area contributed by atoms with Crippen LogP contribution in [0.2, 0.25) is 0 Å². The van der Waals surface area contributed by atoms with E-state index < -0.39 is 51.8 Å². The molecule has 57 heavy (non-hydrogen) atoms. The summed E-state index contributed by atoms with van der Waals surface area (Å²) in [6.07, 6.45) is 34.8. The van der Waals surface area contributed by atoms with E-state index in [1.807, 2.05) is 0 Å². The molecular formula is C45H85O11P. The lowest BCUT2D eigenvalue weighted by Gasteiger charge is -2.20. The first-order valence-corrected chi connectivity index (χ1v) is 24.6. The van der Waals surface area contributed by atoms with Crippen LogP contribution < -0.4 is 0 Å². The molecule has 1 saturated heterocycles. The molecule has 1 rings (SSSR count). The van der Waals surface area contributed by atoms with Crippen LogP contribution in [-0.4, -0.2) is 77.9 Å². The molecule has 1 aliphatic heterocycles. The van der Waals surface area contributed by atoms with Gasteiger partial charge >= 0.3 is 19.8 Å². The quantitative estimate of drug-likeness (QED) is 0.0176. The van der Waals surface area contributed by atoms with Gasteiger partial charge in [0.15, 0.2) is 6.10 Å². The average molecular weight is 833 g/mol. The number of phosphoric ester groups is 1. The second-order valence-corrected chi connectivity index (χ2v) is 18.1. The predicted octanol–water partition coefficient (Wildman–Crippen LogP) is 11.2. The topological polar surface area (TPSA) is 161 Å². The number of hydrogen-bond acceptors (Lipinski definition) is 10. The third-order valence-electron chi connectivity index (χ3n) is 10.5. The zero-order valence-electron chi connectivity index (χ0n) is 36.4. The standard InChI is InChI=1S/C45H85O11P/c1-4-5-6-7-21-26-31-42-43(56-42)32-27-22-19-24-29-34-45(49)55-41(38-54-57(50,51)53-36-40(47)35-46)37-52-44(48)33-28-23-18-16-14-12-10-8-9-11-13-15-17-20-25-30-39(2)3/h21,26,39-43,46-47H,4-20,22-25,27-38H2,1-3H3,(H,50,51)/b26-21-/t40-,41+,42?,43?/m0/s1. The minimum atomic E-state index is -4.62. The molecule has 0 spiro atoms. The van der Waals surface area contributed by atoms with Gasteiger partial charge in [-0.1, -0.05) is 168 Å². The van der Waals surface area contributed by atoms with Crippen molar-refractivity contribution in [1.29, 1.82) is 0 Å². The number of ether oxygens (including phenoxy) is 3. The van der Waals surface area contributed by atoms with Gasteiger partial charge in [-0.15, -0.1) is 0 Å². The van der Waals surface area contributed by atoms with Crippen LogP contribution in [0.3, 0.4) is 0 Å². The fourth-order valence-electron chi connectivity index (χ4n) is 6.83. The highest BCUT2D eigenvalue weighted by atomic mass is 31.2. The van der Waals surface area contributed by atoms with Crippen LogP contribution >= 0.6 is 7.82 Å². The van der Waals surface area contributed by atoms with Crippen LogP contribution in [0.5, 0.6) is 0 Å². The van der Waals surface area contributed by atoms with E-state index >= 15 is 0 Å². The van der Waals surface area contributed by atoms with Gasteiger partial charge in [0, 0.05) is 12.8 Å². The number of phosphoric acid groups is 1. The number of esters is 2. The van der Waals surface area contributed by atoms with Gasteiger partial charge in [0.2, 0.25) is 0 Å². The molecule has 3 unspecified atom stereocenters. The molecule has 1 fully saturated rings. The fourth-order valence-corrected chi connectivity index (χ4v) is 7.62. The maximum Gasteiger partial charge on any atom is 0.472 e. The molecule has 0 amide bonds. The van der Waals surface area contributed by atoms with E-state index in [1.165, 1.54) is 96.3 Å². The van der Waals surface area contributed by atoms with Crippen molar-refractivity contribution in [2.24, 2.45) is 5.92 Å². The van der Waals surface area contributed by atoms with E-state index in [4.69, 9.17) is 28.4 Å². The summed E-state index contributed by atoms with van der Waals surface area (Å²) in [4.78, 5) is 35.1. The zero-order valence-corrected chi connectivity index (χ0v) is 37.3. The van der Waals surface area contributed by atoms with Gasteiger partial charge in [-0.3, -0.25) is 18.6 Å². The van der Waals surface area contributed by atoms with E-state index in [9.17, 15) is 24.2 Å². The third kappa shape index (κ3) is 35.2. The van der Waals surface area contributed by atoms with E-state index in [1.54, 1.807) is 0 Å². The predicted molar refractivity (Wildman–Crippen MR) is 228 cm³/mol. The fraction of sp³-hybridized carbons (Fsp3) is 0.911. The first-order chi connectivity index (χ1) is 27.6. The van der Waals surface area contributed by atoms with Crippen molar-refractivity contribution in [3.8, 4) is 0 Å². The van der Waals surface area contributed by atoms with Gasteiger partial charge in [0.1, 0.15) is 12.7 Å². The molecule has 12 heteroatoms. The molecule has 0 aliphatic carbocycles. The average Bonchev–Trinajstić information content (AvgIpc) is 3.94. The van der Waals surface area contributed by atoms with Crippen LogP contribution in [0.4, 0.5) is 0 Å². The molecule has 0 aromatic carbocycles. The van der Waals surface area contributed by atoms with Gasteiger partial charge in [0.25, 0.3) is 0 Å². The van der Waals surface area contributed by atoms with Crippen LogP contribution in [0.25, 0.3) is 0 Å². The molecule has 0 saturated carbocycles. The molecule has 0 bridgehead atoms. The van der Waals surface area contributed by atoms with Gasteiger partial charge in [0.05, 0.1) is 32.0 Å². The molecule has 0 radical (unpaired) electrons. The number of carbonyl (C=O) groups is 2. The Labute approximate surface area is 347 Å². The number of epoxide rings is 1. The molecule has 0 aromatic rings. The number of aliphatic hydroxyl groups excluding tert-OH is 2. The first kappa shape index (κ1) is 53.7. The Kier molecular flexibility index (Phi) is 34.4. The Morgan fingerprint density at radius 1 is 0.667 bits per heavy atom. The summed E-state index contributed by atoms with van der Waals surface area (Å²) in [5.74, 6) is -0.110. The summed E-state index contributed by atoms with van der Waals surface area (Å²) < 4.78 is 38.6. The van der Waals surface area contributed by atoms with Gasteiger partial charge in [-0.25, -0.2) is 4.57 Å². The van der Waals surface area contributed by atoms with E-state index in [0.29, 0.717) is 25.0 Å². The lowest BCUT2D eigenvalue weighted by molar-refractivity contribution is -0.161. The van der Waals surface area contributed by atoms with Crippen LogP contribution in [0.1, 0.15) is 207 Å². The molecule has 3 N–H and O–H groups in total. The first-order valence-electron chi connectivity index (χ1n) is 23.1. The van der Waals surface area contributed by atoms with Gasteiger partial charge < -0.3 is 29.3 Å². The zero-order chi connectivity index (χ0) is 41.8. The lowest BCUT2D eigenvalue weighted by Crippen LogP contribution is -2.29. The second kappa shape index (κ2) is 36.5. The van der Waals surface area contributed by atoms with Crippen LogP contribution in [-0.2, 0) is 37.4 Å². The summed E-state index contributed by atoms with van der Waals surface area (Å²) in [6, 6.07) is 0. The largest absolute Gasteiger partial charge is 0.472 e. The number of carbonyl (C=O) groups excluding carboxylic acids is 2. The van der Waals surface area contributed by atoms with Crippen molar-refractivity contribution in [3.63, 3.8) is 0 Å². The summed E-state index contributed by atoms with van der Waals surface area (Å²) in [6.45, 7) is 4.69. The molecule has 5 atom stereocenters. The minimum Gasteiger partial charge on any atom is -0.462 e. The Balaban J connectivity index is 2.21. The number of hydrogen-bond donors (Lipinski definition) is 3. The van der Waals surface area contributed by atoms with Crippen molar-refractivity contribution in [2.45, 2.75) is 231 Å². The highest BCUT2D eigenvalue weighted by molar-refractivity contribution is 7.47. The molecule has 336 valence electrons. The van der Waals surface area contributed by atoms with E-state index in [0.717, 1.165) is 70.1 Å². The monoisotopic (exact) mass is 833 g/mol. The minimum absolute atomic E-state index is 0.164. The smallest absolute Gasteiger partial charge is 0.462 e. The second-order valence-electron chi connectivity index (χ2n) is 16.6. The van der Waals surface area contributed by atoms with Crippen molar-refractivity contribution < 1.29 is 52.5 Å². The van der Waals surface area contributed by atoms with E-state index in [2.05, 4.69) is 32.9 Å². The molecule has 0 aromatic heterocycles. The normalized spacial score (nSPS) is 17.5. The Morgan fingerprint density at radius 2 is 1.19 bits per heavy atom. The van der Waals surface area contributed by atoms with Gasteiger partial charge in [-0.2, -0.15) is 0 Å². The number of unbranched alkanes of at least 4 members (excludes halogenated alkanes) is 21. The lowest BCUT2D eigenvalue weighted by atomic mass is 10.0.